The van der Waals surface area contributed by atoms with Crippen LogP contribution in [0.15, 0.2) is 53.5 Å². The largest absolute Gasteiger partial charge is 0.493 e. The number of aliphatic carboxylic acids is 1. The summed E-state index contributed by atoms with van der Waals surface area (Å²) >= 11 is 0. The Bertz CT molecular complexity index is 952. The zero-order chi connectivity index (χ0) is 21.9. The standard InChI is InChI=1S/C26H33NO4/c1-2-3-4-7-17-31-25(26(28)29)19-20-10-12-22(13-11-20)30-18-15-21-14-16-27-24-9-6-5-8-23(21)24/h5-6,8-13,25H,2-4,7,14-19H2,1H3,(H,28,29). The molecule has 0 saturated heterocycles. The van der Waals surface area contributed by atoms with E-state index in [-0.39, 0.29) is 0 Å². The number of carbonyl (C=O) groups is 1. The highest BCUT2D eigenvalue weighted by Gasteiger charge is 2.18. The number of hydrogen-bond donors (Lipinski definition) is 1. The number of fused-ring (bicyclic) bond motifs is 1. The first-order valence-corrected chi connectivity index (χ1v) is 11.3. The van der Waals surface area contributed by atoms with E-state index >= 15 is 0 Å². The third-order valence-corrected chi connectivity index (χ3v) is 5.59. The smallest absolute Gasteiger partial charge is 0.333 e. The molecule has 5 heteroatoms. The van der Waals surface area contributed by atoms with Crippen LogP contribution in [0, 0.1) is 0 Å². The molecule has 0 spiro atoms. The molecule has 0 aliphatic carbocycles. The third-order valence-electron chi connectivity index (χ3n) is 5.59. The fourth-order valence-corrected chi connectivity index (χ4v) is 3.82. The second kappa shape index (κ2) is 12.3. The Hall–Kier alpha value is -2.66. The van der Waals surface area contributed by atoms with Crippen LogP contribution in [0.1, 0.15) is 51.0 Å². The number of ether oxygens (including phenoxy) is 2. The maximum Gasteiger partial charge on any atom is 0.333 e. The molecule has 1 aliphatic heterocycles. The summed E-state index contributed by atoms with van der Waals surface area (Å²) in [7, 11) is 0. The van der Waals surface area contributed by atoms with Gasteiger partial charge in [-0.1, -0.05) is 62.1 Å². The van der Waals surface area contributed by atoms with Gasteiger partial charge in [0, 0.05) is 26.0 Å². The van der Waals surface area contributed by atoms with Gasteiger partial charge in [-0.25, -0.2) is 4.79 Å². The lowest BCUT2D eigenvalue weighted by Gasteiger charge is -2.15. The molecule has 0 amide bonds. The number of para-hydroxylation sites is 1. The van der Waals surface area contributed by atoms with E-state index in [1.807, 2.05) is 30.3 Å². The van der Waals surface area contributed by atoms with Crippen molar-refractivity contribution in [3.05, 3.63) is 64.7 Å². The lowest BCUT2D eigenvalue weighted by molar-refractivity contribution is -0.150. The van der Waals surface area contributed by atoms with Crippen LogP contribution in [0.2, 0.25) is 0 Å². The number of carboxylic acid groups (broad SMARTS) is 1. The van der Waals surface area contributed by atoms with Gasteiger partial charge in [0.25, 0.3) is 0 Å². The van der Waals surface area contributed by atoms with Gasteiger partial charge >= 0.3 is 5.97 Å². The lowest BCUT2D eigenvalue weighted by atomic mass is 10.0. The molecular formula is C26H33NO4. The van der Waals surface area contributed by atoms with Gasteiger partial charge in [-0.05, 0) is 41.8 Å². The zero-order valence-corrected chi connectivity index (χ0v) is 18.4. The molecule has 1 atom stereocenters. The van der Waals surface area contributed by atoms with Crippen LogP contribution in [-0.2, 0) is 16.0 Å². The van der Waals surface area contributed by atoms with Gasteiger partial charge in [-0.2, -0.15) is 0 Å². The molecule has 3 rings (SSSR count). The minimum absolute atomic E-state index is 0.363. The first kappa shape index (κ1) is 23.0. The Morgan fingerprint density at radius 1 is 1.06 bits per heavy atom. The van der Waals surface area contributed by atoms with Crippen molar-refractivity contribution in [3.63, 3.8) is 0 Å². The first-order chi connectivity index (χ1) is 15.2. The number of unbranched alkanes of at least 4 members (excludes halogenated alkanes) is 3. The van der Waals surface area contributed by atoms with Gasteiger partial charge in [0.15, 0.2) is 6.10 Å². The number of rotatable bonds is 13. The van der Waals surface area contributed by atoms with Gasteiger partial charge in [0.1, 0.15) is 5.75 Å². The topological polar surface area (TPSA) is 68.1 Å². The fourth-order valence-electron chi connectivity index (χ4n) is 3.82. The molecule has 0 fully saturated rings. The van der Waals surface area contributed by atoms with Gasteiger partial charge in [0.2, 0.25) is 0 Å². The summed E-state index contributed by atoms with van der Waals surface area (Å²) in [6, 6.07) is 15.9. The van der Waals surface area contributed by atoms with Crippen LogP contribution < -0.4 is 15.3 Å². The van der Waals surface area contributed by atoms with E-state index < -0.39 is 12.1 Å². The van der Waals surface area contributed by atoms with Crippen molar-refractivity contribution in [1.29, 1.82) is 0 Å². The molecule has 1 aliphatic rings. The van der Waals surface area contributed by atoms with Crippen LogP contribution in [0.25, 0.3) is 5.57 Å². The highest BCUT2D eigenvalue weighted by Crippen LogP contribution is 2.17. The summed E-state index contributed by atoms with van der Waals surface area (Å²) < 4.78 is 11.5. The predicted molar refractivity (Wildman–Crippen MR) is 122 cm³/mol. The molecule has 166 valence electrons. The van der Waals surface area contributed by atoms with E-state index in [4.69, 9.17) is 9.47 Å². The summed E-state index contributed by atoms with van der Waals surface area (Å²) in [5.41, 5.74) is 2.33. The molecule has 2 aromatic rings. The number of nitrogens with zero attached hydrogens (tertiary/aromatic N) is 1. The van der Waals surface area contributed by atoms with Gasteiger partial charge in [0.05, 0.1) is 12.0 Å². The van der Waals surface area contributed by atoms with E-state index in [1.54, 1.807) is 0 Å². The van der Waals surface area contributed by atoms with E-state index in [9.17, 15) is 9.90 Å². The number of carboxylic acids is 1. The summed E-state index contributed by atoms with van der Waals surface area (Å²) in [6.45, 7) is 4.10. The van der Waals surface area contributed by atoms with Crippen LogP contribution >= 0.6 is 0 Å². The molecule has 1 heterocycles. The van der Waals surface area contributed by atoms with E-state index in [2.05, 4.69) is 30.1 Å². The Balaban J connectivity index is 1.48. The summed E-state index contributed by atoms with van der Waals surface area (Å²) in [5.74, 6) is -0.113. The SMILES string of the molecule is CCCCCCOC(Cc1ccc(OCCC2=c3ccccc3=NCC2)cc1)C(=O)O. The third kappa shape index (κ3) is 7.21. The Morgan fingerprint density at radius 2 is 1.87 bits per heavy atom. The highest BCUT2D eigenvalue weighted by atomic mass is 16.5. The van der Waals surface area contributed by atoms with Crippen LogP contribution in [-0.4, -0.2) is 36.9 Å². The van der Waals surface area contributed by atoms with E-state index in [0.29, 0.717) is 19.6 Å². The molecule has 31 heavy (non-hydrogen) atoms. The minimum atomic E-state index is -0.910. The maximum atomic E-state index is 11.5. The molecule has 1 unspecified atom stereocenters. The second-order valence-corrected chi connectivity index (χ2v) is 7.96. The Morgan fingerprint density at radius 3 is 2.65 bits per heavy atom. The number of hydrogen-bond acceptors (Lipinski definition) is 4. The molecule has 0 aromatic heterocycles. The zero-order valence-electron chi connectivity index (χ0n) is 18.4. The Kier molecular flexibility index (Phi) is 9.10. The monoisotopic (exact) mass is 423 g/mol. The average molecular weight is 424 g/mol. The summed E-state index contributed by atoms with van der Waals surface area (Å²) in [6.07, 6.45) is 5.71. The molecule has 0 radical (unpaired) electrons. The van der Waals surface area contributed by atoms with Crippen molar-refractivity contribution in [3.8, 4) is 5.75 Å². The molecule has 0 saturated carbocycles. The predicted octanol–water partition coefficient (Wildman–Crippen LogP) is 3.92. The normalized spacial score (nSPS) is 13.9. The van der Waals surface area contributed by atoms with Gasteiger partial charge < -0.3 is 14.6 Å². The van der Waals surface area contributed by atoms with Crippen molar-refractivity contribution >= 4 is 11.5 Å². The van der Waals surface area contributed by atoms with E-state index in [0.717, 1.165) is 61.7 Å². The van der Waals surface area contributed by atoms with Crippen molar-refractivity contribution in [2.24, 2.45) is 4.99 Å². The van der Waals surface area contributed by atoms with E-state index in [1.165, 1.54) is 10.8 Å². The molecule has 2 aromatic carbocycles. The van der Waals surface area contributed by atoms with Crippen molar-refractivity contribution in [2.75, 3.05) is 19.8 Å². The molecule has 0 bridgehead atoms. The molecule has 5 nitrogen and oxygen atoms in total. The van der Waals surface area contributed by atoms with Crippen molar-refractivity contribution < 1.29 is 19.4 Å². The maximum absolute atomic E-state index is 11.5. The van der Waals surface area contributed by atoms with Gasteiger partial charge in [-0.3, -0.25) is 4.99 Å². The Labute approximate surface area is 184 Å². The van der Waals surface area contributed by atoms with Crippen LogP contribution in [0.3, 0.4) is 0 Å². The second-order valence-electron chi connectivity index (χ2n) is 7.96. The fraction of sp³-hybridized carbons (Fsp3) is 0.462. The lowest BCUT2D eigenvalue weighted by Crippen LogP contribution is -2.31. The molecular weight excluding hydrogens is 390 g/mol. The van der Waals surface area contributed by atoms with Crippen molar-refractivity contribution in [2.45, 2.75) is 58.0 Å². The van der Waals surface area contributed by atoms with Crippen LogP contribution in [0.4, 0.5) is 0 Å². The summed E-state index contributed by atoms with van der Waals surface area (Å²) in [4.78, 5) is 16.1. The highest BCUT2D eigenvalue weighted by molar-refractivity contribution is 5.72. The number of benzene rings is 2. The summed E-state index contributed by atoms with van der Waals surface area (Å²) in [5, 5.41) is 11.8. The first-order valence-electron chi connectivity index (χ1n) is 11.3. The average Bonchev–Trinajstić information content (AvgIpc) is 2.79. The van der Waals surface area contributed by atoms with Gasteiger partial charge in [-0.15, -0.1) is 0 Å². The quantitative estimate of drug-likeness (QED) is 0.496. The molecule has 1 N–H and O–H groups in total. The minimum Gasteiger partial charge on any atom is -0.493 e. The van der Waals surface area contributed by atoms with Crippen LogP contribution in [0.5, 0.6) is 5.75 Å². The van der Waals surface area contributed by atoms with Crippen molar-refractivity contribution in [1.82, 2.24) is 0 Å².